The average Bonchev–Trinajstić information content (AvgIpc) is 3.14. The first-order valence-electron chi connectivity index (χ1n) is 9.73. The molecular weight excluding hydrogens is 404 g/mol. The summed E-state index contributed by atoms with van der Waals surface area (Å²) in [4.78, 5) is 27.2. The fraction of sp³-hybridized carbons (Fsp3) is 0.227. The fourth-order valence-corrected chi connectivity index (χ4v) is 3.07. The molecule has 0 aliphatic carbocycles. The van der Waals surface area contributed by atoms with Gasteiger partial charge in [0.25, 0.3) is 0 Å². The Hall–Kier alpha value is -3.32. The Morgan fingerprint density at radius 2 is 2.03 bits per heavy atom. The van der Waals surface area contributed by atoms with Crippen molar-refractivity contribution in [1.82, 2.24) is 15.7 Å². The highest BCUT2D eigenvalue weighted by atomic mass is 35.5. The summed E-state index contributed by atoms with van der Waals surface area (Å²) in [5, 5.41) is 7.86. The number of amides is 2. The molecular formula is C22H23ClN4O3. The number of unbranched alkanes of at least 4 members (excludes halogenated alkanes) is 2. The van der Waals surface area contributed by atoms with Gasteiger partial charge in [0.05, 0.1) is 16.8 Å². The van der Waals surface area contributed by atoms with E-state index in [0.29, 0.717) is 22.9 Å². The molecule has 2 amide bonds. The summed E-state index contributed by atoms with van der Waals surface area (Å²) < 4.78 is 5.46. The molecule has 2 aromatic carbocycles. The van der Waals surface area contributed by atoms with Crippen LogP contribution in [-0.2, 0) is 0 Å². The maximum absolute atomic E-state index is 12.4. The summed E-state index contributed by atoms with van der Waals surface area (Å²) in [7, 11) is 0. The molecule has 0 aliphatic rings. The lowest BCUT2D eigenvalue weighted by Gasteiger charge is -2.06. The van der Waals surface area contributed by atoms with E-state index in [0.717, 1.165) is 35.7 Å². The molecule has 156 valence electrons. The number of nitrogens with one attached hydrogen (secondary N) is 3. The summed E-state index contributed by atoms with van der Waals surface area (Å²) in [6.07, 6.45) is 6.39. The van der Waals surface area contributed by atoms with Gasteiger partial charge in [-0.05, 0) is 36.8 Å². The van der Waals surface area contributed by atoms with Crippen LogP contribution in [0.1, 0.15) is 42.1 Å². The number of carbonyl (C=O) groups excluding carboxylic acids is 2. The van der Waals surface area contributed by atoms with Crippen molar-refractivity contribution in [2.75, 3.05) is 6.54 Å². The second-order valence-electron chi connectivity index (χ2n) is 6.65. The van der Waals surface area contributed by atoms with Gasteiger partial charge in [0, 0.05) is 29.2 Å². The third kappa shape index (κ3) is 5.61. The van der Waals surface area contributed by atoms with E-state index in [1.165, 1.54) is 6.21 Å². The van der Waals surface area contributed by atoms with E-state index in [2.05, 4.69) is 27.8 Å². The van der Waals surface area contributed by atoms with Crippen LogP contribution in [0.3, 0.4) is 0 Å². The smallest absolute Gasteiger partial charge is 0.345 e. The van der Waals surface area contributed by atoms with E-state index in [1.807, 2.05) is 0 Å². The van der Waals surface area contributed by atoms with Crippen LogP contribution in [0.25, 0.3) is 10.9 Å². The molecule has 7 nitrogen and oxygen atoms in total. The number of aromatic nitrogens is 1. The topological polar surface area (TPSA) is 95.6 Å². The second-order valence-corrected chi connectivity index (χ2v) is 7.06. The van der Waals surface area contributed by atoms with Crippen molar-refractivity contribution in [1.29, 1.82) is 0 Å². The van der Waals surface area contributed by atoms with Gasteiger partial charge in [-0.15, -0.1) is 0 Å². The number of urea groups is 1. The van der Waals surface area contributed by atoms with Crippen molar-refractivity contribution in [2.24, 2.45) is 5.10 Å². The minimum Gasteiger partial charge on any atom is -0.423 e. The van der Waals surface area contributed by atoms with Crippen LogP contribution in [0.2, 0.25) is 5.02 Å². The van der Waals surface area contributed by atoms with Crippen molar-refractivity contribution in [2.45, 2.75) is 26.2 Å². The number of benzene rings is 2. The van der Waals surface area contributed by atoms with Gasteiger partial charge in [0.1, 0.15) is 5.75 Å². The van der Waals surface area contributed by atoms with Gasteiger partial charge < -0.3 is 15.0 Å². The highest BCUT2D eigenvalue weighted by molar-refractivity contribution is 6.33. The van der Waals surface area contributed by atoms with Gasteiger partial charge in [-0.1, -0.05) is 43.5 Å². The molecule has 3 rings (SSSR count). The van der Waals surface area contributed by atoms with Crippen LogP contribution in [0.15, 0.2) is 53.8 Å². The number of hydrogen-bond donors (Lipinski definition) is 3. The van der Waals surface area contributed by atoms with E-state index in [1.54, 1.807) is 48.7 Å². The number of esters is 1. The van der Waals surface area contributed by atoms with Crippen molar-refractivity contribution < 1.29 is 14.3 Å². The first-order chi connectivity index (χ1) is 14.6. The van der Waals surface area contributed by atoms with Gasteiger partial charge in [-0.2, -0.15) is 5.10 Å². The molecule has 0 saturated heterocycles. The predicted molar refractivity (Wildman–Crippen MR) is 118 cm³/mol. The molecule has 0 atom stereocenters. The van der Waals surface area contributed by atoms with Crippen molar-refractivity contribution >= 4 is 40.7 Å². The molecule has 0 spiro atoms. The number of aromatic amines is 1. The van der Waals surface area contributed by atoms with Crippen molar-refractivity contribution in [3.63, 3.8) is 0 Å². The zero-order chi connectivity index (χ0) is 21.3. The number of rotatable bonds is 8. The molecule has 0 saturated carbocycles. The van der Waals surface area contributed by atoms with Crippen LogP contribution < -0.4 is 15.5 Å². The minimum absolute atomic E-state index is 0.296. The summed E-state index contributed by atoms with van der Waals surface area (Å²) >= 11 is 6.06. The van der Waals surface area contributed by atoms with Crippen molar-refractivity contribution in [3.05, 3.63) is 64.8 Å². The van der Waals surface area contributed by atoms with E-state index in [4.69, 9.17) is 16.3 Å². The summed E-state index contributed by atoms with van der Waals surface area (Å²) in [6, 6.07) is 11.6. The Morgan fingerprint density at radius 1 is 1.20 bits per heavy atom. The van der Waals surface area contributed by atoms with Gasteiger partial charge in [0.15, 0.2) is 0 Å². The monoisotopic (exact) mass is 426 g/mol. The van der Waals surface area contributed by atoms with E-state index >= 15 is 0 Å². The van der Waals surface area contributed by atoms with Crippen LogP contribution in [0, 0.1) is 0 Å². The Morgan fingerprint density at radius 3 is 2.83 bits per heavy atom. The van der Waals surface area contributed by atoms with Gasteiger partial charge in [0.2, 0.25) is 0 Å². The van der Waals surface area contributed by atoms with Crippen molar-refractivity contribution in [3.8, 4) is 5.75 Å². The number of hydrogen-bond acceptors (Lipinski definition) is 4. The Bertz CT molecular complexity index is 1060. The fourth-order valence-electron chi connectivity index (χ4n) is 2.86. The molecule has 3 aromatic rings. The van der Waals surface area contributed by atoms with Gasteiger partial charge in [-0.3, -0.25) is 0 Å². The van der Waals surface area contributed by atoms with E-state index < -0.39 is 5.97 Å². The predicted octanol–water partition coefficient (Wildman–Crippen LogP) is 4.86. The quantitative estimate of drug-likeness (QED) is 0.158. The lowest BCUT2D eigenvalue weighted by Crippen LogP contribution is -2.32. The van der Waals surface area contributed by atoms with Crippen LogP contribution >= 0.6 is 11.6 Å². The van der Waals surface area contributed by atoms with Gasteiger partial charge in [-0.25, -0.2) is 15.0 Å². The maximum Gasteiger partial charge on any atom is 0.345 e. The molecule has 30 heavy (non-hydrogen) atoms. The molecule has 1 aromatic heterocycles. The minimum atomic E-state index is -0.535. The Balaban J connectivity index is 1.65. The number of fused-ring (bicyclic) bond motifs is 1. The zero-order valence-electron chi connectivity index (χ0n) is 16.6. The lowest BCUT2D eigenvalue weighted by atomic mass is 10.2. The number of nitrogens with zero attached hydrogens (tertiary/aromatic N) is 1. The molecule has 0 radical (unpaired) electrons. The molecule has 3 N–H and O–H groups in total. The zero-order valence-corrected chi connectivity index (χ0v) is 17.3. The third-order valence-electron chi connectivity index (χ3n) is 4.43. The summed E-state index contributed by atoms with van der Waals surface area (Å²) in [5.41, 5.74) is 4.33. The van der Waals surface area contributed by atoms with Crippen LogP contribution in [0.4, 0.5) is 4.79 Å². The van der Waals surface area contributed by atoms with Gasteiger partial charge >= 0.3 is 12.0 Å². The highest BCUT2D eigenvalue weighted by Crippen LogP contribution is 2.24. The SMILES string of the molecule is CCCCCNC(=O)N/N=C/c1c[nH]c2ccc(OC(=O)c3ccccc3Cl)cc12. The normalized spacial score (nSPS) is 11.0. The Kier molecular flexibility index (Phi) is 7.45. The summed E-state index contributed by atoms with van der Waals surface area (Å²) in [5.74, 6) is -0.157. The van der Waals surface area contributed by atoms with E-state index in [9.17, 15) is 9.59 Å². The molecule has 8 heteroatoms. The third-order valence-corrected chi connectivity index (χ3v) is 4.75. The molecule has 0 aliphatic heterocycles. The largest absolute Gasteiger partial charge is 0.423 e. The van der Waals surface area contributed by atoms with E-state index in [-0.39, 0.29) is 6.03 Å². The number of ether oxygens (including phenoxy) is 1. The maximum atomic E-state index is 12.4. The average molecular weight is 427 g/mol. The molecule has 0 unspecified atom stereocenters. The first-order valence-corrected chi connectivity index (χ1v) is 10.1. The number of H-pyrrole nitrogens is 1. The Labute approximate surface area is 179 Å². The second kappa shape index (κ2) is 10.5. The number of hydrazone groups is 1. The first kappa shape index (κ1) is 21.4. The standard InChI is InChI=1S/C22H23ClN4O3/c1-2-3-6-11-24-22(29)27-26-14-15-13-25-20-10-9-16(12-18(15)20)30-21(28)17-7-4-5-8-19(17)23/h4-5,7-10,12-14,25H,2-3,6,11H2,1H3,(H2,24,27,29)/b26-14+. The summed E-state index contributed by atoms with van der Waals surface area (Å²) in [6.45, 7) is 2.72. The molecule has 0 bridgehead atoms. The lowest BCUT2D eigenvalue weighted by molar-refractivity contribution is 0.0735. The molecule has 1 heterocycles. The van der Waals surface area contributed by atoms with Crippen LogP contribution in [0.5, 0.6) is 5.75 Å². The number of halogens is 1. The molecule has 0 fully saturated rings. The highest BCUT2D eigenvalue weighted by Gasteiger charge is 2.13. The number of carbonyl (C=O) groups is 2. The van der Waals surface area contributed by atoms with Crippen LogP contribution in [-0.4, -0.2) is 29.7 Å².